The largest absolute Gasteiger partial charge is 0.416 e. The second-order valence-electron chi connectivity index (χ2n) is 6.19. The molecule has 26 heavy (non-hydrogen) atoms. The van der Waals surface area contributed by atoms with E-state index in [9.17, 15) is 18.0 Å². The molecule has 1 aliphatic rings. The Labute approximate surface area is 148 Å². The van der Waals surface area contributed by atoms with Gasteiger partial charge in [0.05, 0.1) is 5.56 Å². The number of piperidine rings is 1. The number of nitrogens with zero attached hydrogens (tertiary/aromatic N) is 3. The predicted molar refractivity (Wildman–Crippen MR) is 87.7 cm³/mol. The molecule has 2 amide bonds. The van der Waals surface area contributed by atoms with Crippen LogP contribution in [0.15, 0.2) is 28.8 Å². The lowest BCUT2D eigenvalue weighted by Gasteiger charge is -2.31. The van der Waals surface area contributed by atoms with Gasteiger partial charge in [0.15, 0.2) is 5.82 Å². The van der Waals surface area contributed by atoms with E-state index in [0.29, 0.717) is 36.9 Å². The monoisotopic (exact) mass is 368 g/mol. The predicted octanol–water partition coefficient (Wildman–Crippen LogP) is 4.06. The molecule has 2 heterocycles. The number of nitrogens with one attached hydrogen (secondary N) is 1. The molecule has 1 unspecified atom stereocenters. The van der Waals surface area contributed by atoms with Gasteiger partial charge in [0.1, 0.15) is 0 Å². The number of alkyl halides is 3. The fourth-order valence-electron chi connectivity index (χ4n) is 2.89. The third-order valence-electron chi connectivity index (χ3n) is 4.32. The molecule has 6 nitrogen and oxygen atoms in total. The van der Waals surface area contributed by atoms with Crippen LogP contribution < -0.4 is 5.32 Å². The van der Waals surface area contributed by atoms with Crippen molar-refractivity contribution in [1.29, 1.82) is 0 Å². The summed E-state index contributed by atoms with van der Waals surface area (Å²) < 4.78 is 42.9. The Morgan fingerprint density at radius 3 is 2.69 bits per heavy atom. The molecule has 1 atom stereocenters. The Hall–Kier alpha value is -2.58. The molecule has 9 heteroatoms. The van der Waals surface area contributed by atoms with Gasteiger partial charge in [0, 0.05) is 31.1 Å². The molecule has 140 valence electrons. The highest BCUT2D eigenvalue weighted by molar-refractivity contribution is 5.89. The highest BCUT2D eigenvalue weighted by Crippen LogP contribution is 2.30. The van der Waals surface area contributed by atoms with Crippen molar-refractivity contribution < 1.29 is 22.5 Å². The lowest BCUT2D eigenvalue weighted by molar-refractivity contribution is -0.137. The normalized spacial score (nSPS) is 18.0. The van der Waals surface area contributed by atoms with Crippen LogP contribution in [0, 0.1) is 0 Å². The number of hydrogen-bond acceptors (Lipinski definition) is 4. The van der Waals surface area contributed by atoms with Crippen molar-refractivity contribution in [2.45, 2.75) is 38.3 Å². The summed E-state index contributed by atoms with van der Waals surface area (Å²) in [6.45, 7) is 2.93. The van der Waals surface area contributed by atoms with E-state index in [1.807, 2.05) is 6.92 Å². The Kier molecular flexibility index (Phi) is 5.15. The zero-order chi connectivity index (χ0) is 18.7. The summed E-state index contributed by atoms with van der Waals surface area (Å²) in [6, 6.07) is 4.03. The van der Waals surface area contributed by atoms with Crippen LogP contribution in [-0.4, -0.2) is 34.2 Å². The second-order valence-corrected chi connectivity index (χ2v) is 6.19. The Balaban J connectivity index is 1.62. The topological polar surface area (TPSA) is 71.3 Å². The van der Waals surface area contributed by atoms with Crippen LogP contribution in [0.5, 0.6) is 0 Å². The van der Waals surface area contributed by atoms with Crippen LogP contribution in [0.1, 0.15) is 43.0 Å². The highest BCUT2D eigenvalue weighted by atomic mass is 19.4. The maximum atomic E-state index is 12.6. The average Bonchev–Trinajstić information content (AvgIpc) is 3.11. The van der Waals surface area contributed by atoms with Gasteiger partial charge in [-0.05, 0) is 37.1 Å². The standard InChI is InChI=1S/C17H19F3N4O2/c1-2-14-22-15(23-26-14)11-4-3-9-24(10-11)16(25)21-13-7-5-12(6-8-13)17(18,19)20/h5-8,11H,2-4,9-10H2,1H3,(H,21,25). The zero-order valence-corrected chi connectivity index (χ0v) is 14.2. The number of aromatic nitrogens is 2. The average molecular weight is 368 g/mol. The smallest absolute Gasteiger partial charge is 0.339 e. The molecule has 1 aromatic heterocycles. The lowest BCUT2D eigenvalue weighted by Crippen LogP contribution is -2.41. The van der Waals surface area contributed by atoms with E-state index in [1.54, 1.807) is 4.90 Å². The van der Waals surface area contributed by atoms with Gasteiger partial charge in [-0.1, -0.05) is 12.1 Å². The fourth-order valence-corrected chi connectivity index (χ4v) is 2.89. The van der Waals surface area contributed by atoms with Gasteiger partial charge in [0.2, 0.25) is 5.89 Å². The minimum absolute atomic E-state index is 0.00819. The van der Waals surface area contributed by atoms with E-state index in [-0.39, 0.29) is 11.9 Å². The summed E-state index contributed by atoms with van der Waals surface area (Å²) >= 11 is 0. The van der Waals surface area contributed by atoms with Gasteiger partial charge in [-0.3, -0.25) is 0 Å². The van der Waals surface area contributed by atoms with Crippen molar-refractivity contribution in [3.8, 4) is 0 Å². The summed E-state index contributed by atoms with van der Waals surface area (Å²) in [7, 11) is 0. The number of aryl methyl sites for hydroxylation is 1. The molecule has 2 aromatic rings. The van der Waals surface area contributed by atoms with E-state index in [4.69, 9.17) is 4.52 Å². The maximum absolute atomic E-state index is 12.6. The molecule has 3 rings (SSSR count). The Morgan fingerprint density at radius 2 is 2.08 bits per heavy atom. The molecule has 0 bridgehead atoms. The summed E-state index contributed by atoms with van der Waals surface area (Å²) in [6.07, 6.45) is -2.10. The number of benzene rings is 1. The van der Waals surface area contributed by atoms with Crippen molar-refractivity contribution in [3.63, 3.8) is 0 Å². The van der Waals surface area contributed by atoms with E-state index >= 15 is 0 Å². The Bertz CT molecular complexity index is 758. The quantitative estimate of drug-likeness (QED) is 0.887. The van der Waals surface area contributed by atoms with Gasteiger partial charge in [-0.15, -0.1) is 0 Å². The molecule has 1 aliphatic heterocycles. The van der Waals surface area contributed by atoms with E-state index in [0.717, 1.165) is 25.0 Å². The van der Waals surface area contributed by atoms with Crippen LogP contribution >= 0.6 is 0 Å². The molecule has 1 fully saturated rings. The van der Waals surface area contributed by atoms with Crippen molar-refractivity contribution in [2.24, 2.45) is 0 Å². The first-order valence-corrected chi connectivity index (χ1v) is 8.42. The molecular formula is C17H19F3N4O2. The number of carbonyl (C=O) groups is 1. The molecule has 0 aliphatic carbocycles. The van der Waals surface area contributed by atoms with Crippen molar-refractivity contribution >= 4 is 11.7 Å². The lowest BCUT2D eigenvalue weighted by atomic mass is 9.97. The van der Waals surface area contributed by atoms with Gasteiger partial charge in [-0.25, -0.2) is 4.79 Å². The number of halogens is 3. The number of hydrogen-bond donors (Lipinski definition) is 1. The third kappa shape index (κ3) is 4.14. The van der Waals surface area contributed by atoms with Gasteiger partial charge < -0.3 is 14.7 Å². The summed E-state index contributed by atoms with van der Waals surface area (Å²) in [5.41, 5.74) is -0.435. The highest BCUT2D eigenvalue weighted by Gasteiger charge is 2.30. The third-order valence-corrected chi connectivity index (χ3v) is 4.32. The van der Waals surface area contributed by atoms with Crippen LogP contribution in [-0.2, 0) is 12.6 Å². The van der Waals surface area contributed by atoms with E-state index in [2.05, 4.69) is 15.5 Å². The molecule has 0 radical (unpaired) electrons. The Morgan fingerprint density at radius 1 is 1.35 bits per heavy atom. The van der Waals surface area contributed by atoms with Gasteiger partial charge in [-0.2, -0.15) is 18.2 Å². The first-order valence-electron chi connectivity index (χ1n) is 8.42. The van der Waals surface area contributed by atoms with E-state index in [1.165, 1.54) is 12.1 Å². The van der Waals surface area contributed by atoms with Crippen molar-refractivity contribution in [3.05, 3.63) is 41.5 Å². The number of amides is 2. The number of urea groups is 1. The molecule has 1 N–H and O–H groups in total. The van der Waals surface area contributed by atoms with Gasteiger partial charge >= 0.3 is 12.2 Å². The molecule has 0 saturated carbocycles. The molecule has 1 aromatic carbocycles. The molecule has 0 spiro atoms. The molecule has 1 saturated heterocycles. The fraction of sp³-hybridized carbons (Fsp3) is 0.471. The van der Waals surface area contributed by atoms with Crippen LogP contribution in [0.4, 0.5) is 23.7 Å². The summed E-state index contributed by atoms with van der Waals surface area (Å²) in [5, 5.41) is 6.60. The van der Waals surface area contributed by atoms with Gasteiger partial charge in [0.25, 0.3) is 0 Å². The summed E-state index contributed by atoms with van der Waals surface area (Å²) in [4.78, 5) is 18.4. The number of rotatable bonds is 3. The number of carbonyl (C=O) groups excluding carboxylic acids is 1. The minimum Gasteiger partial charge on any atom is -0.339 e. The van der Waals surface area contributed by atoms with Crippen LogP contribution in [0.3, 0.4) is 0 Å². The molecular weight excluding hydrogens is 349 g/mol. The van der Waals surface area contributed by atoms with Crippen LogP contribution in [0.25, 0.3) is 0 Å². The minimum atomic E-state index is -4.40. The van der Waals surface area contributed by atoms with Crippen molar-refractivity contribution in [2.75, 3.05) is 18.4 Å². The first kappa shape index (κ1) is 18.2. The maximum Gasteiger partial charge on any atom is 0.416 e. The summed E-state index contributed by atoms with van der Waals surface area (Å²) in [5.74, 6) is 1.14. The van der Waals surface area contributed by atoms with E-state index < -0.39 is 11.7 Å². The first-order chi connectivity index (χ1) is 12.4. The second kappa shape index (κ2) is 7.35. The van der Waals surface area contributed by atoms with Crippen LogP contribution in [0.2, 0.25) is 0 Å². The SMILES string of the molecule is CCc1nc(C2CCCN(C(=O)Nc3ccc(C(F)(F)F)cc3)C2)no1. The zero-order valence-electron chi connectivity index (χ0n) is 14.2. The van der Waals surface area contributed by atoms with Crippen molar-refractivity contribution in [1.82, 2.24) is 15.0 Å². The number of likely N-dealkylation sites (tertiary alicyclic amines) is 1. The number of anilines is 1.